The molecule has 1 aromatic carbocycles. The fraction of sp³-hybridized carbons (Fsp3) is 0.227. The van der Waals surface area contributed by atoms with Crippen LogP contribution in [0.5, 0.6) is 0 Å². The number of rotatable bonds is 6. The van der Waals surface area contributed by atoms with Crippen LogP contribution in [0, 0.1) is 25.2 Å². The molecule has 0 radical (unpaired) electrons. The van der Waals surface area contributed by atoms with Crippen LogP contribution in [0.4, 0.5) is 5.69 Å². The van der Waals surface area contributed by atoms with E-state index in [0.717, 1.165) is 40.5 Å². The Morgan fingerprint density at radius 3 is 2.68 bits per heavy atom. The highest BCUT2D eigenvalue weighted by molar-refractivity contribution is 7.13. The minimum absolute atomic E-state index is 0.0840. The fourth-order valence-electron chi connectivity index (χ4n) is 3.11. The molecule has 0 aliphatic rings. The van der Waals surface area contributed by atoms with Crippen molar-refractivity contribution in [2.75, 3.05) is 5.32 Å². The van der Waals surface area contributed by atoms with Gasteiger partial charge in [-0.3, -0.25) is 4.79 Å². The number of nitrogens with one attached hydrogen (secondary N) is 1. The number of anilines is 1. The first-order valence-electron chi connectivity index (χ1n) is 9.13. The Morgan fingerprint density at radius 2 is 2.07 bits per heavy atom. The van der Waals surface area contributed by atoms with Crippen molar-refractivity contribution >= 4 is 29.0 Å². The molecule has 1 N–H and O–H groups in total. The van der Waals surface area contributed by atoms with E-state index in [1.165, 1.54) is 0 Å². The van der Waals surface area contributed by atoms with Crippen LogP contribution in [0.25, 0.3) is 16.6 Å². The number of thiazole rings is 1. The Balaban J connectivity index is 1.78. The number of hydrogen-bond acceptors (Lipinski definition) is 4. The van der Waals surface area contributed by atoms with Crippen LogP contribution < -0.4 is 5.32 Å². The van der Waals surface area contributed by atoms with Crippen LogP contribution >= 0.6 is 11.3 Å². The topological polar surface area (TPSA) is 70.7 Å². The molecule has 1 amide bonds. The summed E-state index contributed by atoms with van der Waals surface area (Å²) < 4.78 is 2.20. The third-order valence-corrected chi connectivity index (χ3v) is 5.37. The van der Waals surface area contributed by atoms with E-state index in [4.69, 9.17) is 0 Å². The smallest absolute Gasteiger partial charge is 0.266 e. The maximum atomic E-state index is 12.6. The van der Waals surface area contributed by atoms with Gasteiger partial charge in [0.05, 0.1) is 0 Å². The van der Waals surface area contributed by atoms with E-state index < -0.39 is 5.91 Å². The van der Waals surface area contributed by atoms with Gasteiger partial charge in [-0.05, 0) is 62.2 Å². The second kappa shape index (κ2) is 8.68. The van der Waals surface area contributed by atoms with Crippen molar-refractivity contribution < 1.29 is 4.79 Å². The van der Waals surface area contributed by atoms with E-state index in [0.29, 0.717) is 5.69 Å². The Kier molecular flexibility index (Phi) is 6.07. The SMILES string of the molecule is CCCn1c(C)cc(/C=C(\C#N)C(=O)Nc2ccc(-c3nccs3)cc2)c1C. The van der Waals surface area contributed by atoms with Gasteiger partial charge in [0, 0.05) is 40.8 Å². The van der Waals surface area contributed by atoms with Gasteiger partial charge in [-0.1, -0.05) is 6.92 Å². The summed E-state index contributed by atoms with van der Waals surface area (Å²) in [5.74, 6) is -0.412. The second-order valence-electron chi connectivity index (χ2n) is 6.52. The first-order chi connectivity index (χ1) is 13.5. The molecule has 5 nitrogen and oxygen atoms in total. The molecule has 2 heterocycles. The molecule has 3 rings (SSSR count). The summed E-state index contributed by atoms with van der Waals surface area (Å²) in [6.45, 7) is 7.10. The van der Waals surface area contributed by atoms with Crippen molar-refractivity contribution in [3.05, 3.63) is 64.4 Å². The third kappa shape index (κ3) is 4.21. The number of nitriles is 1. The van der Waals surface area contributed by atoms with Gasteiger partial charge in [0.2, 0.25) is 0 Å². The van der Waals surface area contributed by atoms with Gasteiger partial charge in [0.25, 0.3) is 5.91 Å². The summed E-state index contributed by atoms with van der Waals surface area (Å²) in [4.78, 5) is 16.8. The predicted octanol–water partition coefficient (Wildman–Crippen LogP) is 5.18. The first-order valence-corrected chi connectivity index (χ1v) is 10.0. The van der Waals surface area contributed by atoms with E-state index >= 15 is 0 Å². The Morgan fingerprint density at radius 1 is 1.32 bits per heavy atom. The number of aryl methyl sites for hydroxylation is 1. The Labute approximate surface area is 169 Å². The monoisotopic (exact) mass is 390 g/mol. The minimum Gasteiger partial charge on any atom is -0.349 e. The zero-order chi connectivity index (χ0) is 20.1. The molecule has 3 aromatic rings. The number of aromatic nitrogens is 2. The van der Waals surface area contributed by atoms with Crippen LogP contribution in [0.2, 0.25) is 0 Å². The minimum atomic E-state index is -0.412. The number of amides is 1. The normalized spacial score (nSPS) is 11.3. The maximum Gasteiger partial charge on any atom is 0.266 e. The molecule has 0 aliphatic heterocycles. The lowest BCUT2D eigenvalue weighted by molar-refractivity contribution is -0.112. The average Bonchev–Trinajstić information content (AvgIpc) is 3.31. The van der Waals surface area contributed by atoms with Crippen LogP contribution in [0.15, 0.2) is 47.5 Å². The summed E-state index contributed by atoms with van der Waals surface area (Å²) in [6, 6.07) is 11.5. The molecule has 0 unspecified atom stereocenters. The highest BCUT2D eigenvalue weighted by atomic mass is 32.1. The number of hydrogen-bond donors (Lipinski definition) is 1. The van der Waals surface area contributed by atoms with Crippen LogP contribution in [0.3, 0.4) is 0 Å². The molecule has 0 bridgehead atoms. The molecule has 0 atom stereocenters. The lowest BCUT2D eigenvalue weighted by Crippen LogP contribution is -2.13. The molecule has 0 saturated carbocycles. The molecule has 0 fully saturated rings. The van der Waals surface area contributed by atoms with Crippen molar-refractivity contribution in [2.24, 2.45) is 0 Å². The van der Waals surface area contributed by atoms with Crippen LogP contribution in [-0.2, 0) is 11.3 Å². The average molecular weight is 391 g/mol. The molecule has 142 valence electrons. The van der Waals surface area contributed by atoms with E-state index in [1.807, 2.05) is 55.6 Å². The van der Waals surface area contributed by atoms with Gasteiger partial charge < -0.3 is 9.88 Å². The van der Waals surface area contributed by atoms with E-state index in [9.17, 15) is 10.1 Å². The van der Waals surface area contributed by atoms with Gasteiger partial charge in [0.15, 0.2) is 0 Å². The summed E-state index contributed by atoms with van der Waals surface area (Å²) >= 11 is 1.56. The molecular formula is C22H22N4OS. The molecule has 2 aromatic heterocycles. The largest absolute Gasteiger partial charge is 0.349 e. The summed E-state index contributed by atoms with van der Waals surface area (Å²) in [5.41, 5.74) is 4.81. The van der Waals surface area contributed by atoms with Gasteiger partial charge in [0.1, 0.15) is 16.6 Å². The van der Waals surface area contributed by atoms with Gasteiger partial charge in [-0.25, -0.2) is 4.98 Å². The Hall–Kier alpha value is -3.17. The van der Waals surface area contributed by atoms with Crippen LogP contribution in [-0.4, -0.2) is 15.5 Å². The lowest BCUT2D eigenvalue weighted by atomic mass is 10.1. The maximum absolute atomic E-state index is 12.6. The molecule has 0 aliphatic carbocycles. The van der Waals surface area contributed by atoms with E-state index in [1.54, 1.807) is 23.6 Å². The number of carbonyl (C=O) groups is 1. The van der Waals surface area contributed by atoms with Gasteiger partial charge in [-0.15, -0.1) is 11.3 Å². The van der Waals surface area contributed by atoms with E-state index in [2.05, 4.69) is 21.8 Å². The van der Waals surface area contributed by atoms with Crippen molar-refractivity contribution in [1.29, 1.82) is 5.26 Å². The number of nitrogens with zero attached hydrogens (tertiary/aromatic N) is 3. The van der Waals surface area contributed by atoms with Crippen molar-refractivity contribution in [1.82, 2.24) is 9.55 Å². The third-order valence-electron chi connectivity index (χ3n) is 4.55. The summed E-state index contributed by atoms with van der Waals surface area (Å²) in [5, 5.41) is 15.1. The van der Waals surface area contributed by atoms with Crippen molar-refractivity contribution in [3.8, 4) is 16.6 Å². The van der Waals surface area contributed by atoms with Crippen molar-refractivity contribution in [3.63, 3.8) is 0 Å². The second-order valence-corrected chi connectivity index (χ2v) is 7.41. The zero-order valence-electron chi connectivity index (χ0n) is 16.2. The highest BCUT2D eigenvalue weighted by Crippen LogP contribution is 2.24. The molecular weight excluding hydrogens is 368 g/mol. The standard InChI is InChI=1S/C22H22N4OS/c1-4-10-26-15(2)12-18(16(26)3)13-19(14-23)21(27)25-20-7-5-17(6-8-20)22-24-9-11-28-22/h5-9,11-13H,4,10H2,1-3H3,(H,25,27)/b19-13+. The van der Waals surface area contributed by atoms with Gasteiger partial charge in [-0.2, -0.15) is 5.26 Å². The van der Waals surface area contributed by atoms with Crippen molar-refractivity contribution in [2.45, 2.75) is 33.7 Å². The number of carbonyl (C=O) groups excluding carboxylic acids is 1. The first kappa shape index (κ1) is 19.6. The number of benzene rings is 1. The lowest BCUT2D eigenvalue weighted by Gasteiger charge is -2.07. The van der Waals surface area contributed by atoms with Gasteiger partial charge >= 0.3 is 0 Å². The molecule has 0 saturated heterocycles. The summed E-state index contributed by atoms with van der Waals surface area (Å²) in [6.07, 6.45) is 4.45. The predicted molar refractivity (Wildman–Crippen MR) is 114 cm³/mol. The highest BCUT2D eigenvalue weighted by Gasteiger charge is 2.13. The zero-order valence-corrected chi connectivity index (χ0v) is 17.0. The van der Waals surface area contributed by atoms with Crippen LogP contribution in [0.1, 0.15) is 30.3 Å². The molecule has 6 heteroatoms. The Bertz CT molecular complexity index is 1040. The van der Waals surface area contributed by atoms with E-state index in [-0.39, 0.29) is 5.57 Å². The molecule has 0 spiro atoms. The quantitative estimate of drug-likeness (QED) is 0.465. The fourth-order valence-corrected chi connectivity index (χ4v) is 3.75. The molecule has 28 heavy (non-hydrogen) atoms. The summed E-state index contributed by atoms with van der Waals surface area (Å²) in [7, 11) is 0.